The average molecular weight is 630 g/mol. The van der Waals surface area contributed by atoms with Gasteiger partial charge in [0.2, 0.25) is 0 Å². The van der Waals surface area contributed by atoms with Crippen LogP contribution < -0.4 is 0 Å². The zero-order valence-corrected chi connectivity index (χ0v) is 26.7. The van der Waals surface area contributed by atoms with Crippen LogP contribution in [0.15, 0.2) is 164 Å². The van der Waals surface area contributed by atoms with Gasteiger partial charge in [-0.1, -0.05) is 127 Å². The normalized spacial score (nSPS) is 11.8. The van der Waals surface area contributed by atoms with Crippen molar-refractivity contribution in [2.24, 2.45) is 0 Å². The van der Waals surface area contributed by atoms with Gasteiger partial charge in [-0.3, -0.25) is 0 Å². The lowest BCUT2D eigenvalue weighted by Gasteiger charge is -2.12. The Morgan fingerprint density at radius 2 is 1.15 bits per heavy atom. The first-order valence-corrected chi connectivity index (χ1v) is 17.0. The number of hydrogen-bond acceptors (Lipinski definition) is 3. The lowest BCUT2D eigenvalue weighted by molar-refractivity contribution is 1.18. The number of benzene rings is 7. The molecule has 10 rings (SSSR count). The first-order valence-electron chi connectivity index (χ1n) is 16.2. The maximum atomic E-state index is 5.19. The summed E-state index contributed by atoms with van der Waals surface area (Å²) in [6.45, 7) is 0. The second kappa shape index (κ2) is 10.7. The zero-order valence-electron chi connectivity index (χ0n) is 25.8. The molecule has 0 unspecified atom stereocenters. The first-order chi connectivity index (χ1) is 23.8. The molecule has 10 aromatic rings. The van der Waals surface area contributed by atoms with Crippen LogP contribution in [0, 0.1) is 0 Å². The summed E-state index contributed by atoms with van der Waals surface area (Å²) in [6.07, 6.45) is 0. The molecule has 0 aliphatic rings. The van der Waals surface area contributed by atoms with Gasteiger partial charge in [0.25, 0.3) is 0 Å². The highest BCUT2D eigenvalue weighted by molar-refractivity contribution is 7.26. The largest absolute Gasteiger partial charge is 0.308 e. The number of thiophene rings is 1. The van der Waals surface area contributed by atoms with Crippen LogP contribution in [0.4, 0.5) is 0 Å². The van der Waals surface area contributed by atoms with Crippen molar-refractivity contribution in [3.63, 3.8) is 0 Å². The Morgan fingerprint density at radius 3 is 2.00 bits per heavy atom. The number of para-hydroxylation sites is 1. The first kappa shape index (κ1) is 27.1. The van der Waals surface area contributed by atoms with E-state index in [9.17, 15) is 0 Å². The summed E-state index contributed by atoms with van der Waals surface area (Å²) in [7, 11) is 0. The summed E-state index contributed by atoms with van der Waals surface area (Å²) in [6, 6.07) is 58.3. The number of hydrogen-bond donors (Lipinski definition) is 0. The Hall–Kier alpha value is -6.10. The van der Waals surface area contributed by atoms with Crippen molar-refractivity contribution in [2.75, 3.05) is 0 Å². The summed E-state index contributed by atoms with van der Waals surface area (Å²) in [5, 5.41) is 6.13. The van der Waals surface area contributed by atoms with Gasteiger partial charge in [-0.15, -0.1) is 11.3 Å². The Labute approximate surface area is 281 Å². The van der Waals surface area contributed by atoms with E-state index in [1.165, 1.54) is 53.1 Å². The molecule has 4 heteroatoms. The van der Waals surface area contributed by atoms with Gasteiger partial charge in [0.1, 0.15) is 0 Å². The molecule has 0 amide bonds. The van der Waals surface area contributed by atoms with E-state index in [0.29, 0.717) is 5.82 Å². The fraction of sp³-hybridized carbons (Fsp3) is 0. The summed E-state index contributed by atoms with van der Waals surface area (Å²) >= 11 is 1.87. The predicted octanol–water partition coefficient (Wildman–Crippen LogP) is 12.1. The smallest absolute Gasteiger partial charge is 0.160 e. The molecule has 3 nitrogen and oxygen atoms in total. The van der Waals surface area contributed by atoms with E-state index in [2.05, 4.69) is 156 Å². The van der Waals surface area contributed by atoms with Crippen molar-refractivity contribution in [3.05, 3.63) is 164 Å². The standard InChI is InChI=1S/C44H27N3S/c1-3-12-28(13-4-1)30-22-25-39-37(27-30)34-23-24-35-33-18-8-10-21-40(33)48-43(35)42(34)47(39)32-17-11-16-31(26-32)44-45-38-20-9-7-19-36(38)41(46-44)29-14-5-2-6-15-29/h1-27H. The van der Waals surface area contributed by atoms with Crippen LogP contribution in [0.5, 0.6) is 0 Å². The van der Waals surface area contributed by atoms with Crippen LogP contribution in [0.3, 0.4) is 0 Å². The molecule has 0 saturated carbocycles. The van der Waals surface area contributed by atoms with E-state index in [4.69, 9.17) is 9.97 Å². The number of nitrogens with zero attached hydrogens (tertiary/aromatic N) is 3. The van der Waals surface area contributed by atoms with Crippen molar-refractivity contribution in [1.82, 2.24) is 14.5 Å². The van der Waals surface area contributed by atoms with E-state index in [-0.39, 0.29) is 0 Å². The van der Waals surface area contributed by atoms with Gasteiger partial charge in [-0.2, -0.15) is 0 Å². The molecule has 0 aliphatic heterocycles. The SMILES string of the molecule is c1ccc(-c2ccc3c(c2)c2ccc4c5ccccc5sc4c2n3-c2cccc(-c3nc(-c4ccccc4)c4ccccc4n3)c2)cc1. The van der Waals surface area contributed by atoms with E-state index in [0.717, 1.165) is 33.4 Å². The second-order valence-corrected chi connectivity index (χ2v) is 13.3. The molecule has 3 aromatic heterocycles. The van der Waals surface area contributed by atoms with Crippen molar-refractivity contribution in [1.29, 1.82) is 0 Å². The van der Waals surface area contributed by atoms with Gasteiger partial charge in [-0.05, 0) is 47.5 Å². The average Bonchev–Trinajstić information content (AvgIpc) is 3.71. The summed E-state index contributed by atoms with van der Waals surface area (Å²) < 4.78 is 5.04. The van der Waals surface area contributed by atoms with Crippen LogP contribution in [-0.4, -0.2) is 14.5 Å². The number of rotatable bonds is 4. The van der Waals surface area contributed by atoms with Crippen molar-refractivity contribution >= 4 is 64.2 Å². The van der Waals surface area contributed by atoms with Crippen molar-refractivity contribution in [3.8, 4) is 39.5 Å². The van der Waals surface area contributed by atoms with Gasteiger partial charge in [-0.25, -0.2) is 9.97 Å². The Morgan fingerprint density at radius 1 is 0.438 bits per heavy atom. The molecule has 0 N–H and O–H groups in total. The fourth-order valence-electron chi connectivity index (χ4n) is 7.17. The highest BCUT2D eigenvalue weighted by atomic mass is 32.1. The van der Waals surface area contributed by atoms with Crippen LogP contribution in [0.25, 0.3) is 92.3 Å². The van der Waals surface area contributed by atoms with Gasteiger partial charge >= 0.3 is 0 Å². The van der Waals surface area contributed by atoms with Crippen LogP contribution >= 0.6 is 11.3 Å². The number of fused-ring (bicyclic) bond motifs is 8. The molecule has 3 heterocycles. The Balaban J connectivity index is 1.25. The highest BCUT2D eigenvalue weighted by Gasteiger charge is 2.19. The molecule has 0 fully saturated rings. The highest BCUT2D eigenvalue weighted by Crippen LogP contribution is 2.44. The lowest BCUT2D eigenvalue weighted by atomic mass is 10.0. The van der Waals surface area contributed by atoms with Gasteiger partial charge in [0.15, 0.2) is 5.82 Å². The Kier molecular flexibility index (Phi) is 6.05. The predicted molar refractivity (Wildman–Crippen MR) is 203 cm³/mol. The van der Waals surface area contributed by atoms with E-state index >= 15 is 0 Å². The molecule has 48 heavy (non-hydrogen) atoms. The number of aromatic nitrogens is 3. The van der Waals surface area contributed by atoms with Crippen LogP contribution in [0.1, 0.15) is 0 Å². The maximum Gasteiger partial charge on any atom is 0.160 e. The fourth-order valence-corrected chi connectivity index (χ4v) is 8.41. The molecule has 224 valence electrons. The third-order valence-electron chi connectivity index (χ3n) is 9.39. The zero-order chi connectivity index (χ0) is 31.6. The minimum absolute atomic E-state index is 0.716. The minimum atomic E-state index is 0.716. The van der Waals surface area contributed by atoms with Crippen LogP contribution in [0.2, 0.25) is 0 Å². The molecule has 0 aliphatic carbocycles. The minimum Gasteiger partial charge on any atom is -0.308 e. The third kappa shape index (κ3) is 4.20. The van der Waals surface area contributed by atoms with E-state index in [1.54, 1.807) is 0 Å². The van der Waals surface area contributed by atoms with Gasteiger partial charge in [0.05, 0.1) is 26.9 Å². The lowest BCUT2D eigenvalue weighted by Crippen LogP contribution is -1.98. The summed E-state index contributed by atoms with van der Waals surface area (Å²) in [5.74, 6) is 0.716. The van der Waals surface area contributed by atoms with Crippen molar-refractivity contribution < 1.29 is 0 Å². The molecule has 0 radical (unpaired) electrons. The third-order valence-corrected chi connectivity index (χ3v) is 10.6. The Bertz CT molecular complexity index is 2830. The quantitative estimate of drug-likeness (QED) is 0.194. The topological polar surface area (TPSA) is 30.7 Å². The van der Waals surface area contributed by atoms with Gasteiger partial charge < -0.3 is 4.57 Å². The second-order valence-electron chi connectivity index (χ2n) is 12.2. The van der Waals surface area contributed by atoms with Gasteiger partial charge in [0, 0.05) is 48.4 Å². The van der Waals surface area contributed by atoms with Crippen molar-refractivity contribution in [2.45, 2.75) is 0 Å². The molecule has 0 spiro atoms. The molecule has 0 atom stereocenters. The molecular formula is C44H27N3S. The van der Waals surface area contributed by atoms with E-state index in [1.807, 2.05) is 23.5 Å². The summed E-state index contributed by atoms with van der Waals surface area (Å²) in [5.41, 5.74) is 9.86. The maximum absolute atomic E-state index is 5.19. The van der Waals surface area contributed by atoms with E-state index < -0.39 is 0 Å². The molecular weight excluding hydrogens is 603 g/mol. The van der Waals surface area contributed by atoms with Crippen LogP contribution in [-0.2, 0) is 0 Å². The molecule has 7 aromatic carbocycles. The monoisotopic (exact) mass is 629 g/mol. The molecule has 0 saturated heterocycles. The molecule has 0 bridgehead atoms. The summed E-state index contributed by atoms with van der Waals surface area (Å²) in [4.78, 5) is 10.3.